The zero-order valence-electron chi connectivity index (χ0n) is 19.5. The van der Waals surface area contributed by atoms with Crippen molar-refractivity contribution >= 4 is 0 Å². The van der Waals surface area contributed by atoms with E-state index in [0.29, 0.717) is 24.4 Å². The number of rotatable bonds is 4. The lowest BCUT2D eigenvalue weighted by Crippen LogP contribution is -2.53. The molecule has 1 N–H and O–H groups in total. The minimum absolute atomic E-state index is 0.187. The molecule has 2 aromatic heterocycles. The molecule has 1 spiro atoms. The summed E-state index contributed by atoms with van der Waals surface area (Å²) in [6.45, 7) is 2.41. The molecule has 2 aliphatic rings. The number of benzene rings is 1. The maximum Gasteiger partial charge on any atom is 0.430 e. The Morgan fingerprint density at radius 1 is 0.892 bits per heavy atom. The summed E-state index contributed by atoms with van der Waals surface area (Å²) in [5, 5.41) is 9.52. The standard InChI is InChI=1S/C26H23F6N3O2/c27-25(28,29)24(36,26(30,31)32)20-5-6-21(34-14-20)18-3-1-17(2-4-18)16-35-11-8-23(9-12-35)13-19-7-10-33-15-22(19)37-23/h1-7,10,14-15,36H,8-9,11-13,16H2. The topological polar surface area (TPSA) is 58.5 Å². The van der Waals surface area contributed by atoms with Gasteiger partial charge >= 0.3 is 12.4 Å². The number of pyridine rings is 2. The Labute approximate surface area is 208 Å². The number of piperidine rings is 1. The highest BCUT2D eigenvalue weighted by Crippen LogP contribution is 2.50. The number of alkyl halides is 6. The average molecular weight is 523 g/mol. The van der Waals surface area contributed by atoms with Crippen molar-refractivity contribution in [1.29, 1.82) is 0 Å². The van der Waals surface area contributed by atoms with Crippen molar-refractivity contribution in [1.82, 2.24) is 14.9 Å². The van der Waals surface area contributed by atoms with Gasteiger partial charge < -0.3 is 9.84 Å². The van der Waals surface area contributed by atoms with Crippen LogP contribution in [-0.4, -0.2) is 51.0 Å². The van der Waals surface area contributed by atoms with Crippen LogP contribution in [0, 0.1) is 0 Å². The molecule has 2 aliphatic heterocycles. The zero-order chi connectivity index (χ0) is 26.5. The summed E-state index contributed by atoms with van der Waals surface area (Å²) in [6, 6.07) is 10.8. The van der Waals surface area contributed by atoms with E-state index in [1.54, 1.807) is 24.5 Å². The molecule has 11 heteroatoms. The largest absolute Gasteiger partial charge is 0.485 e. The van der Waals surface area contributed by atoms with Crippen LogP contribution >= 0.6 is 0 Å². The van der Waals surface area contributed by atoms with E-state index < -0.39 is 23.5 Å². The molecule has 1 fully saturated rings. The normalized spacial score (nSPS) is 18.0. The molecule has 0 saturated carbocycles. The maximum absolute atomic E-state index is 13.1. The quantitative estimate of drug-likeness (QED) is 0.463. The molecular formula is C26H23F6N3O2. The molecule has 0 amide bonds. The van der Waals surface area contributed by atoms with Crippen LogP contribution in [0.15, 0.2) is 61.1 Å². The summed E-state index contributed by atoms with van der Waals surface area (Å²) in [7, 11) is 0. The highest BCUT2D eigenvalue weighted by atomic mass is 19.4. The predicted octanol–water partition coefficient (Wildman–Crippen LogP) is 5.43. The van der Waals surface area contributed by atoms with Crippen LogP contribution in [0.4, 0.5) is 26.3 Å². The minimum Gasteiger partial charge on any atom is -0.485 e. The molecule has 3 aromatic rings. The molecule has 0 atom stereocenters. The van der Waals surface area contributed by atoms with Crippen LogP contribution in [0.1, 0.15) is 29.5 Å². The van der Waals surface area contributed by atoms with Crippen molar-refractivity contribution in [2.75, 3.05) is 13.1 Å². The van der Waals surface area contributed by atoms with Crippen molar-refractivity contribution in [2.24, 2.45) is 0 Å². The maximum atomic E-state index is 13.1. The van der Waals surface area contributed by atoms with E-state index in [-0.39, 0.29) is 11.3 Å². The Morgan fingerprint density at radius 2 is 1.57 bits per heavy atom. The van der Waals surface area contributed by atoms with Gasteiger partial charge in [-0.3, -0.25) is 14.9 Å². The highest BCUT2D eigenvalue weighted by molar-refractivity contribution is 5.59. The lowest BCUT2D eigenvalue weighted by Gasteiger charge is -2.38. The van der Waals surface area contributed by atoms with Gasteiger partial charge in [-0.25, -0.2) is 0 Å². The average Bonchev–Trinajstić information content (AvgIpc) is 3.22. The second kappa shape index (κ2) is 8.98. The Bertz CT molecular complexity index is 1210. The minimum atomic E-state index is -5.95. The lowest BCUT2D eigenvalue weighted by atomic mass is 9.87. The molecule has 0 aliphatic carbocycles. The first kappa shape index (κ1) is 25.5. The molecule has 196 valence electrons. The number of aromatic nitrogens is 2. The van der Waals surface area contributed by atoms with Crippen LogP contribution in [0.25, 0.3) is 11.3 Å². The van der Waals surface area contributed by atoms with Crippen molar-refractivity contribution in [3.63, 3.8) is 0 Å². The van der Waals surface area contributed by atoms with Gasteiger partial charge in [0.2, 0.25) is 0 Å². The Kier molecular flexibility index (Phi) is 6.18. The predicted molar refractivity (Wildman–Crippen MR) is 121 cm³/mol. The first-order chi connectivity index (χ1) is 17.4. The number of aliphatic hydroxyl groups is 1. The summed E-state index contributed by atoms with van der Waals surface area (Å²) >= 11 is 0. The van der Waals surface area contributed by atoms with Crippen LogP contribution in [-0.2, 0) is 18.6 Å². The van der Waals surface area contributed by atoms with Gasteiger partial charge in [-0.1, -0.05) is 30.3 Å². The van der Waals surface area contributed by atoms with Gasteiger partial charge in [-0.2, -0.15) is 26.3 Å². The first-order valence-electron chi connectivity index (χ1n) is 11.7. The fourth-order valence-electron chi connectivity index (χ4n) is 4.97. The Balaban J connectivity index is 1.22. The van der Waals surface area contributed by atoms with Crippen LogP contribution in [0.3, 0.4) is 0 Å². The summed E-state index contributed by atoms with van der Waals surface area (Å²) in [5.41, 5.74) is -3.65. The zero-order valence-corrected chi connectivity index (χ0v) is 19.5. The second-order valence-electron chi connectivity index (χ2n) is 9.56. The van der Waals surface area contributed by atoms with Gasteiger partial charge in [0.15, 0.2) is 0 Å². The van der Waals surface area contributed by atoms with E-state index in [0.717, 1.165) is 49.7 Å². The molecule has 0 radical (unpaired) electrons. The highest BCUT2D eigenvalue weighted by Gasteiger charge is 2.71. The first-order valence-corrected chi connectivity index (χ1v) is 11.7. The Morgan fingerprint density at radius 3 is 2.14 bits per heavy atom. The smallest absolute Gasteiger partial charge is 0.430 e. The fourth-order valence-corrected chi connectivity index (χ4v) is 4.97. The van der Waals surface area contributed by atoms with Gasteiger partial charge in [0.1, 0.15) is 11.4 Å². The van der Waals surface area contributed by atoms with Crippen LogP contribution in [0.2, 0.25) is 0 Å². The van der Waals surface area contributed by atoms with Crippen LogP contribution in [0.5, 0.6) is 5.75 Å². The number of nitrogens with zero attached hydrogens (tertiary/aromatic N) is 3. The third kappa shape index (κ3) is 4.66. The number of hydrogen-bond acceptors (Lipinski definition) is 5. The van der Waals surface area contributed by atoms with Gasteiger partial charge in [0.25, 0.3) is 5.60 Å². The van der Waals surface area contributed by atoms with Crippen LogP contribution < -0.4 is 4.74 Å². The van der Waals surface area contributed by atoms with Crippen molar-refractivity contribution in [2.45, 2.75) is 49.4 Å². The summed E-state index contributed by atoms with van der Waals surface area (Å²) in [6.07, 6.45) is -5.31. The van der Waals surface area contributed by atoms with Crippen molar-refractivity contribution in [3.8, 4) is 17.0 Å². The van der Waals surface area contributed by atoms with Gasteiger partial charge in [0, 0.05) is 68.0 Å². The molecule has 0 unspecified atom stereocenters. The number of hydrogen-bond donors (Lipinski definition) is 1. The monoisotopic (exact) mass is 523 g/mol. The van der Waals surface area contributed by atoms with E-state index in [1.165, 1.54) is 5.56 Å². The van der Waals surface area contributed by atoms with E-state index in [2.05, 4.69) is 14.9 Å². The fraction of sp³-hybridized carbons (Fsp3) is 0.385. The molecular weight excluding hydrogens is 500 g/mol. The third-order valence-corrected chi connectivity index (χ3v) is 7.13. The second-order valence-corrected chi connectivity index (χ2v) is 9.56. The number of ether oxygens (including phenoxy) is 1. The van der Waals surface area contributed by atoms with E-state index in [9.17, 15) is 31.4 Å². The van der Waals surface area contributed by atoms with Crippen molar-refractivity contribution < 1.29 is 36.2 Å². The Hall–Kier alpha value is -3.18. The van der Waals surface area contributed by atoms with E-state index >= 15 is 0 Å². The van der Waals surface area contributed by atoms with Gasteiger partial charge in [-0.15, -0.1) is 0 Å². The molecule has 1 saturated heterocycles. The number of halogens is 6. The molecule has 4 heterocycles. The third-order valence-electron chi connectivity index (χ3n) is 7.13. The van der Waals surface area contributed by atoms with E-state index in [1.807, 2.05) is 18.2 Å². The van der Waals surface area contributed by atoms with Crippen molar-refractivity contribution in [3.05, 3.63) is 77.7 Å². The summed E-state index contributed by atoms with van der Waals surface area (Å²) < 4.78 is 84.7. The SMILES string of the molecule is OC(c1ccc(-c2ccc(CN3CCC4(CC3)Cc3ccncc3O4)cc2)nc1)(C(F)(F)F)C(F)(F)F. The molecule has 1 aromatic carbocycles. The van der Waals surface area contributed by atoms with E-state index in [4.69, 9.17) is 4.74 Å². The molecule has 5 nitrogen and oxygen atoms in total. The lowest BCUT2D eigenvalue weighted by molar-refractivity contribution is -0.376. The molecule has 37 heavy (non-hydrogen) atoms. The molecule has 5 rings (SSSR count). The van der Waals surface area contributed by atoms with Gasteiger partial charge in [0.05, 0.1) is 11.9 Å². The molecule has 0 bridgehead atoms. The number of fused-ring (bicyclic) bond motifs is 1. The van der Waals surface area contributed by atoms with Gasteiger partial charge in [-0.05, 0) is 17.7 Å². The number of likely N-dealkylation sites (tertiary alicyclic amines) is 1. The summed E-state index contributed by atoms with van der Waals surface area (Å²) in [4.78, 5) is 10.2. The summed E-state index contributed by atoms with van der Waals surface area (Å²) in [5.74, 6) is 0.856.